The molecule has 28 heavy (non-hydrogen) atoms. The van der Waals surface area contributed by atoms with Gasteiger partial charge in [-0.05, 0) is 42.2 Å². The number of carbonyl (C=O) groups excluding carboxylic acids is 2. The molecule has 2 aromatic rings. The van der Waals surface area contributed by atoms with Gasteiger partial charge in [-0.25, -0.2) is 4.39 Å². The first-order valence-electron chi connectivity index (χ1n) is 10.1. The highest BCUT2D eigenvalue weighted by Crippen LogP contribution is 2.33. The van der Waals surface area contributed by atoms with Crippen LogP contribution in [-0.2, 0) is 11.3 Å². The summed E-state index contributed by atoms with van der Waals surface area (Å²) in [5, 5.41) is 3.14. The van der Waals surface area contributed by atoms with Crippen LogP contribution in [0, 0.1) is 5.82 Å². The fourth-order valence-electron chi connectivity index (χ4n) is 4.33. The first-order valence-corrected chi connectivity index (χ1v) is 10.1. The molecule has 0 radical (unpaired) electrons. The second-order valence-electron chi connectivity index (χ2n) is 7.76. The van der Waals surface area contributed by atoms with Gasteiger partial charge in [0.05, 0.1) is 12.5 Å². The zero-order valence-electron chi connectivity index (χ0n) is 15.9. The Labute approximate surface area is 164 Å². The molecule has 5 heteroatoms. The van der Waals surface area contributed by atoms with Crippen molar-refractivity contribution in [3.63, 3.8) is 0 Å². The van der Waals surface area contributed by atoms with Crippen LogP contribution in [0.2, 0.25) is 0 Å². The summed E-state index contributed by atoms with van der Waals surface area (Å²) in [6.45, 7) is 0.466. The number of hydrogen-bond acceptors (Lipinski definition) is 2. The molecule has 2 aromatic carbocycles. The van der Waals surface area contributed by atoms with Crippen molar-refractivity contribution < 1.29 is 14.0 Å². The largest absolute Gasteiger partial charge is 0.353 e. The van der Waals surface area contributed by atoms with Crippen molar-refractivity contribution in [1.82, 2.24) is 10.2 Å². The second-order valence-corrected chi connectivity index (χ2v) is 7.76. The zero-order chi connectivity index (χ0) is 19.5. The number of rotatable bonds is 5. The maximum absolute atomic E-state index is 13.4. The van der Waals surface area contributed by atoms with E-state index < -0.39 is 6.04 Å². The molecular formula is C23H25FN2O2. The molecule has 0 bridgehead atoms. The van der Waals surface area contributed by atoms with Crippen LogP contribution in [0.3, 0.4) is 0 Å². The van der Waals surface area contributed by atoms with Gasteiger partial charge in [0.25, 0.3) is 5.91 Å². The van der Waals surface area contributed by atoms with E-state index in [2.05, 4.69) is 5.32 Å². The fourth-order valence-corrected chi connectivity index (χ4v) is 4.33. The van der Waals surface area contributed by atoms with E-state index in [-0.39, 0.29) is 30.1 Å². The van der Waals surface area contributed by atoms with E-state index in [1.807, 2.05) is 24.3 Å². The SMILES string of the molecule is O=C(C[C@H](c1ccc(F)cc1)N1Cc2ccccc2C1=O)NC1CCCCC1. The quantitative estimate of drug-likeness (QED) is 0.838. The maximum Gasteiger partial charge on any atom is 0.255 e. The summed E-state index contributed by atoms with van der Waals surface area (Å²) < 4.78 is 13.4. The maximum atomic E-state index is 13.4. The van der Waals surface area contributed by atoms with E-state index in [1.165, 1.54) is 18.6 Å². The monoisotopic (exact) mass is 380 g/mol. The molecule has 1 N–H and O–H groups in total. The molecule has 146 valence electrons. The smallest absolute Gasteiger partial charge is 0.255 e. The number of benzene rings is 2. The van der Waals surface area contributed by atoms with E-state index in [9.17, 15) is 14.0 Å². The molecule has 0 spiro atoms. The van der Waals surface area contributed by atoms with Gasteiger partial charge in [-0.15, -0.1) is 0 Å². The van der Waals surface area contributed by atoms with Gasteiger partial charge in [0.1, 0.15) is 5.82 Å². The normalized spacial score (nSPS) is 18.0. The molecule has 4 nitrogen and oxygen atoms in total. The lowest BCUT2D eigenvalue weighted by Crippen LogP contribution is -2.39. The molecule has 0 unspecified atom stereocenters. The van der Waals surface area contributed by atoms with Gasteiger partial charge in [0.2, 0.25) is 5.91 Å². The number of fused-ring (bicyclic) bond motifs is 1. The van der Waals surface area contributed by atoms with Crippen molar-refractivity contribution in [2.24, 2.45) is 0 Å². The third-order valence-electron chi connectivity index (χ3n) is 5.83. The van der Waals surface area contributed by atoms with Crippen LogP contribution in [0.5, 0.6) is 0 Å². The molecule has 1 saturated carbocycles. The molecule has 1 aliphatic carbocycles. The predicted molar refractivity (Wildman–Crippen MR) is 105 cm³/mol. The van der Waals surface area contributed by atoms with Gasteiger partial charge in [0, 0.05) is 18.2 Å². The van der Waals surface area contributed by atoms with Crippen molar-refractivity contribution in [3.05, 3.63) is 71.0 Å². The van der Waals surface area contributed by atoms with Crippen molar-refractivity contribution in [1.29, 1.82) is 0 Å². The standard InChI is InChI=1S/C23H25FN2O2/c24-18-12-10-16(11-13-18)21(14-22(27)25-19-7-2-1-3-8-19)26-15-17-6-4-5-9-20(17)23(26)28/h4-6,9-13,19,21H,1-3,7-8,14-15H2,(H,25,27)/t21-/m1/s1. The van der Waals surface area contributed by atoms with Gasteiger partial charge in [-0.3, -0.25) is 9.59 Å². The summed E-state index contributed by atoms with van der Waals surface area (Å²) in [7, 11) is 0. The number of halogens is 1. The Hall–Kier alpha value is -2.69. The van der Waals surface area contributed by atoms with Gasteiger partial charge in [0.15, 0.2) is 0 Å². The topological polar surface area (TPSA) is 49.4 Å². The summed E-state index contributed by atoms with van der Waals surface area (Å²) in [5.41, 5.74) is 2.43. The summed E-state index contributed by atoms with van der Waals surface area (Å²) >= 11 is 0. The van der Waals surface area contributed by atoms with Crippen molar-refractivity contribution >= 4 is 11.8 Å². The van der Waals surface area contributed by atoms with Crippen LogP contribution in [0.1, 0.15) is 66.1 Å². The van der Waals surface area contributed by atoms with E-state index in [1.54, 1.807) is 17.0 Å². The van der Waals surface area contributed by atoms with Crippen LogP contribution in [0.4, 0.5) is 4.39 Å². The molecule has 4 rings (SSSR count). The molecule has 1 heterocycles. The molecule has 2 amide bonds. The number of amides is 2. The van der Waals surface area contributed by atoms with E-state index in [0.717, 1.165) is 36.8 Å². The van der Waals surface area contributed by atoms with E-state index in [4.69, 9.17) is 0 Å². The third-order valence-corrected chi connectivity index (χ3v) is 5.83. The Morgan fingerprint density at radius 1 is 1.07 bits per heavy atom. The fraction of sp³-hybridized carbons (Fsp3) is 0.391. The molecule has 1 atom stereocenters. The number of nitrogens with zero attached hydrogens (tertiary/aromatic N) is 1. The summed E-state index contributed by atoms with van der Waals surface area (Å²) in [4.78, 5) is 27.5. The van der Waals surface area contributed by atoms with Gasteiger partial charge in [-0.2, -0.15) is 0 Å². The van der Waals surface area contributed by atoms with Crippen LogP contribution in [0.25, 0.3) is 0 Å². The van der Waals surface area contributed by atoms with Gasteiger partial charge in [-0.1, -0.05) is 49.6 Å². The van der Waals surface area contributed by atoms with Crippen LogP contribution >= 0.6 is 0 Å². The molecule has 1 fully saturated rings. The number of nitrogens with one attached hydrogen (secondary N) is 1. The van der Waals surface area contributed by atoms with Crippen LogP contribution in [0.15, 0.2) is 48.5 Å². The Balaban J connectivity index is 1.55. The Kier molecular flexibility index (Phi) is 5.42. The van der Waals surface area contributed by atoms with Crippen molar-refractivity contribution in [2.75, 3.05) is 0 Å². The molecular weight excluding hydrogens is 355 g/mol. The highest BCUT2D eigenvalue weighted by Gasteiger charge is 2.34. The van der Waals surface area contributed by atoms with Crippen LogP contribution in [-0.4, -0.2) is 22.8 Å². The molecule has 2 aliphatic rings. The minimum atomic E-state index is -0.413. The summed E-state index contributed by atoms with van der Waals surface area (Å²) in [6.07, 6.45) is 5.73. The van der Waals surface area contributed by atoms with Crippen molar-refractivity contribution in [3.8, 4) is 0 Å². The lowest BCUT2D eigenvalue weighted by Gasteiger charge is -2.29. The Morgan fingerprint density at radius 2 is 1.79 bits per heavy atom. The first kappa shape index (κ1) is 18.7. The van der Waals surface area contributed by atoms with Gasteiger partial charge < -0.3 is 10.2 Å². The highest BCUT2D eigenvalue weighted by molar-refractivity contribution is 5.98. The Bertz CT molecular complexity index is 859. The van der Waals surface area contributed by atoms with E-state index >= 15 is 0 Å². The van der Waals surface area contributed by atoms with Gasteiger partial charge >= 0.3 is 0 Å². The molecule has 1 aliphatic heterocycles. The van der Waals surface area contributed by atoms with Crippen LogP contribution < -0.4 is 5.32 Å². The first-order chi connectivity index (χ1) is 13.6. The second kappa shape index (κ2) is 8.13. The minimum Gasteiger partial charge on any atom is -0.353 e. The lowest BCUT2D eigenvalue weighted by atomic mass is 9.95. The average Bonchev–Trinajstić information content (AvgIpc) is 3.04. The Morgan fingerprint density at radius 3 is 2.50 bits per heavy atom. The zero-order valence-corrected chi connectivity index (χ0v) is 15.9. The summed E-state index contributed by atoms with van der Waals surface area (Å²) in [5.74, 6) is -0.453. The lowest BCUT2D eigenvalue weighted by molar-refractivity contribution is -0.123. The molecule has 0 saturated heterocycles. The highest BCUT2D eigenvalue weighted by atomic mass is 19.1. The predicted octanol–water partition coefficient (Wildman–Crippen LogP) is 4.36. The number of hydrogen-bond donors (Lipinski definition) is 1. The average molecular weight is 380 g/mol. The minimum absolute atomic E-state index is 0.0509. The summed E-state index contributed by atoms with van der Waals surface area (Å²) in [6, 6.07) is 13.4. The third kappa shape index (κ3) is 3.93. The number of carbonyl (C=O) groups is 2. The van der Waals surface area contributed by atoms with E-state index in [0.29, 0.717) is 12.1 Å². The molecule has 0 aromatic heterocycles. The van der Waals surface area contributed by atoms with Crippen molar-refractivity contribution in [2.45, 2.75) is 57.2 Å².